The van der Waals surface area contributed by atoms with Gasteiger partial charge in [-0.05, 0) is 55.7 Å². The second kappa shape index (κ2) is 7.07. The van der Waals surface area contributed by atoms with E-state index in [1.54, 1.807) is 18.2 Å². The molecule has 1 aliphatic heterocycles. The first kappa shape index (κ1) is 22.9. The summed E-state index contributed by atoms with van der Waals surface area (Å²) in [5.74, 6) is -0.281. The molecule has 33 heavy (non-hydrogen) atoms. The molecular formula is C25H30O6S2. The number of hydrogen-bond acceptors (Lipinski definition) is 6. The molecular weight excluding hydrogens is 460 g/mol. The molecule has 1 unspecified atom stereocenters. The van der Waals surface area contributed by atoms with Gasteiger partial charge in [0.2, 0.25) is 0 Å². The number of benzene rings is 2. The molecule has 0 saturated heterocycles. The van der Waals surface area contributed by atoms with Crippen LogP contribution in [0, 0.1) is 16.7 Å². The maximum absolute atomic E-state index is 13.8. The molecule has 2 aliphatic carbocycles. The van der Waals surface area contributed by atoms with E-state index in [1.165, 1.54) is 6.07 Å². The Balaban J connectivity index is 1.62. The maximum atomic E-state index is 13.8. The lowest BCUT2D eigenvalue weighted by Crippen LogP contribution is -2.38. The molecule has 0 spiro atoms. The largest absolute Gasteiger partial charge is 0.506 e. The van der Waals surface area contributed by atoms with Gasteiger partial charge in [-0.3, -0.25) is 8.98 Å². The van der Waals surface area contributed by atoms with Crippen LogP contribution in [-0.2, 0) is 28.3 Å². The number of para-hydroxylation sites is 1. The summed E-state index contributed by atoms with van der Waals surface area (Å²) in [5, 5.41) is 10.8. The van der Waals surface area contributed by atoms with Crippen molar-refractivity contribution in [3.63, 3.8) is 0 Å². The van der Waals surface area contributed by atoms with Gasteiger partial charge >= 0.3 is 0 Å². The minimum absolute atomic E-state index is 0.0781. The minimum Gasteiger partial charge on any atom is -0.506 e. The van der Waals surface area contributed by atoms with E-state index in [0.29, 0.717) is 22.6 Å². The maximum Gasteiger partial charge on any atom is 0.286 e. The van der Waals surface area contributed by atoms with E-state index in [9.17, 15) is 18.3 Å². The van der Waals surface area contributed by atoms with Crippen molar-refractivity contribution < 1.29 is 26.1 Å². The predicted molar refractivity (Wildman–Crippen MR) is 126 cm³/mol. The fourth-order valence-corrected chi connectivity index (χ4v) is 12.1. The lowest BCUT2D eigenvalue weighted by atomic mass is 9.71. The zero-order valence-electron chi connectivity index (χ0n) is 19.3. The van der Waals surface area contributed by atoms with E-state index >= 15 is 0 Å². The van der Waals surface area contributed by atoms with Gasteiger partial charge in [0.05, 0.1) is 10.6 Å². The van der Waals surface area contributed by atoms with Gasteiger partial charge in [-0.25, -0.2) is 0 Å². The molecule has 0 amide bonds. The van der Waals surface area contributed by atoms with E-state index in [2.05, 4.69) is 0 Å². The van der Waals surface area contributed by atoms with Gasteiger partial charge in [0.25, 0.3) is 10.1 Å². The van der Waals surface area contributed by atoms with Crippen molar-refractivity contribution in [2.24, 2.45) is 16.7 Å². The Hall–Kier alpha value is -1.87. The molecule has 0 radical (unpaired) electrons. The lowest BCUT2D eigenvalue weighted by Gasteiger charge is -2.42. The van der Waals surface area contributed by atoms with Crippen molar-refractivity contribution in [2.45, 2.75) is 62.3 Å². The second-order valence-corrected chi connectivity index (χ2v) is 14.6. The number of aromatic hydroxyl groups is 1. The fourth-order valence-electron chi connectivity index (χ4n) is 6.14. The Kier molecular flexibility index (Phi) is 4.91. The average molecular weight is 491 g/mol. The Morgan fingerprint density at radius 1 is 1.06 bits per heavy atom. The summed E-state index contributed by atoms with van der Waals surface area (Å²) in [7, 11) is -7.19. The predicted octanol–water partition coefficient (Wildman–Crippen LogP) is 5.45. The van der Waals surface area contributed by atoms with Gasteiger partial charge < -0.3 is 5.11 Å². The highest BCUT2D eigenvalue weighted by molar-refractivity contribution is 8.29. The Morgan fingerprint density at radius 2 is 1.70 bits per heavy atom. The van der Waals surface area contributed by atoms with E-state index in [1.807, 2.05) is 52.0 Å². The molecule has 1 heterocycles. The van der Waals surface area contributed by atoms with Crippen LogP contribution in [0.5, 0.6) is 5.75 Å². The first-order valence-electron chi connectivity index (χ1n) is 11.2. The van der Waals surface area contributed by atoms with Crippen molar-refractivity contribution in [1.29, 1.82) is 0 Å². The number of ketones is 1. The lowest BCUT2D eigenvalue weighted by molar-refractivity contribution is -0.122. The molecule has 2 fully saturated rings. The van der Waals surface area contributed by atoms with Gasteiger partial charge in [-0.2, -0.15) is 12.0 Å². The highest BCUT2D eigenvalue weighted by atomic mass is 32.3. The topological polar surface area (TPSA) is 89.9 Å². The Bertz CT molecular complexity index is 1250. The molecule has 8 heteroatoms. The molecule has 178 valence electrons. The average Bonchev–Trinajstić information content (AvgIpc) is 3.17. The van der Waals surface area contributed by atoms with Crippen molar-refractivity contribution in [1.82, 2.24) is 0 Å². The third-order valence-electron chi connectivity index (χ3n) is 8.01. The summed E-state index contributed by atoms with van der Waals surface area (Å²) >= 11 is 0. The zero-order valence-corrected chi connectivity index (χ0v) is 21.0. The smallest absolute Gasteiger partial charge is 0.286 e. The first-order chi connectivity index (χ1) is 15.3. The SMILES string of the molecule is CC1(C)OS(OS(=O)(=O)C[C@]23CC[C@H](C(=O)C2)C3(C)C)(c2ccccc2O)c2ccccc21. The van der Waals surface area contributed by atoms with Gasteiger partial charge in [-0.15, -0.1) is 10.6 Å². The van der Waals surface area contributed by atoms with Crippen LogP contribution in [0.15, 0.2) is 58.3 Å². The molecule has 2 bridgehead atoms. The highest BCUT2D eigenvalue weighted by Gasteiger charge is 2.65. The number of Topliss-reactive ketones (excluding diaryl/α,β-unsaturated/α-hetero) is 1. The molecule has 5 rings (SSSR count). The molecule has 6 nitrogen and oxygen atoms in total. The number of hydrogen-bond donors (Lipinski definition) is 1. The summed E-state index contributed by atoms with van der Waals surface area (Å²) < 4.78 is 40.1. The third kappa shape index (κ3) is 3.21. The monoisotopic (exact) mass is 490 g/mol. The molecule has 2 aromatic rings. The van der Waals surface area contributed by atoms with Gasteiger partial charge in [0.1, 0.15) is 22.0 Å². The van der Waals surface area contributed by atoms with Crippen molar-refractivity contribution in [2.75, 3.05) is 5.75 Å². The summed E-state index contributed by atoms with van der Waals surface area (Å²) in [5.41, 5.74) is -1.05. The summed E-state index contributed by atoms with van der Waals surface area (Å²) in [6.45, 7) is 7.74. The number of phenolic OH excluding ortho intramolecular Hbond substituents is 1. The Morgan fingerprint density at radius 3 is 2.30 bits per heavy atom. The van der Waals surface area contributed by atoms with Crippen molar-refractivity contribution >= 4 is 26.5 Å². The number of rotatable bonds is 5. The molecule has 1 N–H and O–H groups in total. The number of carbonyl (C=O) groups is 1. The number of carbonyl (C=O) groups excluding carboxylic acids is 1. The van der Waals surface area contributed by atoms with Crippen LogP contribution in [-0.4, -0.2) is 25.1 Å². The standard InChI is InChI=1S/C25H30O6S2/c1-23(2)17-13-14-25(23,15-20(17)27)16-32(28,29)31-33(22-12-8-6-10-19(22)26)21-11-7-5-9-18(21)24(3,4)30-33/h5-12,17,26H,13-16H2,1-4H3/t17-,25+/m1/s1. The summed E-state index contributed by atoms with van der Waals surface area (Å²) in [6, 6.07) is 14.0. The van der Waals surface area contributed by atoms with Crippen molar-refractivity contribution in [3.8, 4) is 5.75 Å². The molecule has 3 atom stereocenters. The van der Waals surface area contributed by atoms with Gasteiger partial charge in [-0.1, -0.05) is 44.2 Å². The van der Waals surface area contributed by atoms with Crippen LogP contribution in [0.2, 0.25) is 0 Å². The van der Waals surface area contributed by atoms with E-state index in [0.717, 1.165) is 5.56 Å². The van der Waals surface area contributed by atoms with Crippen LogP contribution >= 0.6 is 10.6 Å². The second-order valence-electron chi connectivity index (χ2n) is 10.6. The van der Waals surface area contributed by atoms with E-state index < -0.39 is 37.1 Å². The van der Waals surface area contributed by atoms with Crippen LogP contribution < -0.4 is 0 Å². The third-order valence-corrected chi connectivity index (χ3v) is 13.0. The van der Waals surface area contributed by atoms with Gasteiger partial charge in [0.15, 0.2) is 0 Å². The normalized spacial score (nSPS) is 33.6. The van der Waals surface area contributed by atoms with Crippen LogP contribution in [0.25, 0.3) is 0 Å². The number of phenols is 1. The zero-order chi connectivity index (χ0) is 23.9. The van der Waals surface area contributed by atoms with E-state index in [4.69, 9.17) is 7.81 Å². The highest BCUT2D eigenvalue weighted by Crippen LogP contribution is 2.75. The number of fused-ring (bicyclic) bond motifs is 3. The fraction of sp³-hybridized carbons (Fsp3) is 0.480. The summed E-state index contributed by atoms with van der Waals surface area (Å²) in [6.07, 6.45) is 1.65. The quantitative estimate of drug-likeness (QED) is 0.599. The van der Waals surface area contributed by atoms with Gasteiger partial charge in [0, 0.05) is 17.9 Å². The molecule has 0 aromatic heterocycles. The van der Waals surface area contributed by atoms with E-state index in [-0.39, 0.29) is 29.6 Å². The molecule has 2 aromatic carbocycles. The van der Waals surface area contributed by atoms with Crippen LogP contribution in [0.4, 0.5) is 0 Å². The Labute approximate surface area is 197 Å². The molecule has 3 aliphatic rings. The summed E-state index contributed by atoms with van der Waals surface area (Å²) in [4.78, 5) is 13.5. The molecule has 2 saturated carbocycles. The van der Waals surface area contributed by atoms with Crippen LogP contribution in [0.3, 0.4) is 0 Å². The van der Waals surface area contributed by atoms with Crippen LogP contribution in [0.1, 0.15) is 52.5 Å². The van der Waals surface area contributed by atoms with Crippen molar-refractivity contribution in [3.05, 3.63) is 54.1 Å². The minimum atomic E-state index is -4.15. The first-order valence-corrected chi connectivity index (χ1v) is 14.3.